The van der Waals surface area contributed by atoms with Crippen LogP contribution in [0.5, 0.6) is 5.75 Å². The first-order valence-electron chi connectivity index (χ1n) is 17.0. The van der Waals surface area contributed by atoms with Gasteiger partial charge in [0.15, 0.2) is 5.96 Å². The van der Waals surface area contributed by atoms with Gasteiger partial charge in [0, 0.05) is 19.9 Å². The molecule has 0 heterocycles. The van der Waals surface area contributed by atoms with Crippen LogP contribution in [0.1, 0.15) is 37.3 Å². The highest BCUT2D eigenvalue weighted by Crippen LogP contribution is 2.11. The zero-order chi connectivity index (χ0) is 41.3. The topological polar surface area (TPSA) is 331 Å². The average Bonchev–Trinajstić information content (AvgIpc) is 3.13. The van der Waals surface area contributed by atoms with Crippen molar-refractivity contribution in [2.75, 3.05) is 31.6 Å². The Hall–Kier alpha value is -5.89. The zero-order valence-corrected chi connectivity index (χ0v) is 31.5. The maximum atomic E-state index is 13.6. The molecule has 55 heavy (non-hydrogen) atoms. The summed E-state index contributed by atoms with van der Waals surface area (Å²) in [6.07, 6.45) is 2.51. The highest BCUT2D eigenvalue weighted by molar-refractivity contribution is 7.98. The number of nitrogens with two attached hydrogens (primary N) is 3. The second-order valence-corrected chi connectivity index (χ2v) is 13.0. The molecule has 0 spiro atoms. The monoisotopic (exact) mass is 789 g/mol. The molecule has 14 N–H and O–H groups in total. The lowest BCUT2D eigenvalue weighted by molar-refractivity contribution is -0.142. The number of hydrogen-bond acceptors (Lipinski definition) is 11. The number of nitrogens with zero attached hydrogens (tertiary/aromatic N) is 1. The predicted octanol–water partition coefficient (Wildman–Crippen LogP) is -1.83. The summed E-state index contributed by atoms with van der Waals surface area (Å²) in [6, 6.07) is 10.4. The van der Waals surface area contributed by atoms with Crippen molar-refractivity contribution in [1.29, 1.82) is 0 Å². The molecule has 19 nitrogen and oxygen atoms in total. The number of guanidine groups is 1. The molecule has 0 aliphatic heterocycles. The molecule has 302 valence electrons. The van der Waals surface area contributed by atoms with E-state index in [4.69, 9.17) is 27.1 Å². The molecular formula is C35H51N9O10S. The Balaban J connectivity index is 0.00000359. The van der Waals surface area contributed by atoms with Gasteiger partial charge < -0.3 is 59.1 Å². The third-order valence-corrected chi connectivity index (χ3v) is 7.98. The van der Waals surface area contributed by atoms with Gasteiger partial charge in [-0.2, -0.15) is 11.8 Å². The molecule has 0 aromatic heterocycles. The molecule has 0 radical (unpaired) electrons. The largest absolute Gasteiger partial charge is 0.508 e. The number of hydrogen-bond donors (Lipinski definition) is 11. The summed E-state index contributed by atoms with van der Waals surface area (Å²) in [6.45, 7) is 0.269. The number of thioether (sulfide) groups is 1. The minimum absolute atomic E-state index is 0.0374. The van der Waals surface area contributed by atoms with Crippen LogP contribution in [0.3, 0.4) is 0 Å². The number of carbonyl (C=O) groups excluding carboxylic acids is 5. The second-order valence-electron chi connectivity index (χ2n) is 12.0. The van der Waals surface area contributed by atoms with Crippen LogP contribution in [0.25, 0.3) is 0 Å². The van der Waals surface area contributed by atoms with Crippen molar-refractivity contribution in [2.45, 2.75) is 63.2 Å². The fourth-order valence-corrected chi connectivity index (χ4v) is 5.10. The molecule has 2 rings (SSSR count). The first kappa shape index (κ1) is 47.1. The number of carboxylic acids is 2. The smallest absolute Gasteiger partial charge is 0.326 e. The van der Waals surface area contributed by atoms with Gasteiger partial charge in [0.1, 0.15) is 23.9 Å². The average molecular weight is 790 g/mol. The fraction of sp³-hybridized carbons (Fsp3) is 0.429. The molecule has 20 heteroatoms. The van der Waals surface area contributed by atoms with Gasteiger partial charge in [0.05, 0.1) is 19.1 Å². The highest BCUT2D eigenvalue weighted by Gasteiger charge is 2.29. The van der Waals surface area contributed by atoms with Crippen molar-refractivity contribution in [3.8, 4) is 5.75 Å². The van der Waals surface area contributed by atoms with E-state index in [0.717, 1.165) is 6.92 Å². The number of phenols is 1. The Kier molecular flexibility index (Phi) is 22.3. The molecule has 0 saturated carbocycles. The van der Waals surface area contributed by atoms with Gasteiger partial charge in [-0.3, -0.25) is 33.8 Å². The number of nitrogens with one attached hydrogen (secondary N) is 5. The summed E-state index contributed by atoms with van der Waals surface area (Å²) in [7, 11) is 0. The quantitative estimate of drug-likeness (QED) is 0.0355. The van der Waals surface area contributed by atoms with E-state index in [2.05, 4.69) is 31.6 Å². The van der Waals surface area contributed by atoms with E-state index < -0.39 is 78.7 Å². The van der Waals surface area contributed by atoms with Gasteiger partial charge >= 0.3 is 5.97 Å². The highest BCUT2D eigenvalue weighted by atomic mass is 32.2. The van der Waals surface area contributed by atoms with Gasteiger partial charge in [-0.1, -0.05) is 42.5 Å². The summed E-state index contributed by atoms with van der Waals surface area (Å²) in [5.74, 6) is -5.12. The molecule has 0 aliphatic rings. The third-order valence-electron chi connectivity index (χ3n) is 7.34. The van der Waals surface area contributed by atoms with Crippen molar-refractivity contribution in [2.24, 2.45) is 22.2 Å². The van der Waals surface area contributed by atoms with Gasteiger partial charge in [0.2, 0.25) is 29.5 Å². The maximum absolute atomic E-state index is 13.6. The Labute approximate surface area is 322 Å². The summed E-state index contributed by atoms with van der Waals surface area (Å²) < 4.78 is 0. The van der Waals surface area contributed by atoms with Gasteiger partial charge in [0.25, 0.3) is 5.97 Å². The molecule has 4 atom stereocenters. The van der Waals surface area contributed by atoms with E-state index in [1.54, 1.807) is 42.5 Å². The van der Waals surface area contributed by atoms with Crippen LogP contribution in [0.2, 0.25) is 0 Å². The van der Waals surface area contributed by atoms with E-state index in [0.29, 0.717) is 16.9 Å². The van der Waals surface area contributed by atoms with E-state index in [9.17, 15) is 39.0 Å². The lowest BCUT2D eigenvalue weighted by Crippen LogP contribution is -2.57. The number of benzene rings is 2. The van der Waals surface area contributed by atoms with Crippen LogP contribution in [0, 0.1) is 0 Å². The van der Waals surface area contributed by atoms with Crippen LogP contribution in [-0.4, -0.2) is 119 Å². The Morgan fingerprint density at radius 3 is 1.87 bits per heavy atom. The minimum atomic E-state index is -1.27. The lowest BCUT2D eigenvalue weighted by atomic mass is 10.0. The molecule has 0 fully saturated rings. The number of carboxylic acid groups (broad SMARTS) is 2. The number of amides is 5. The first-order valence-corrected chi connectivity index (χ1v) is 18.4. The normalized spacial score (nSPS) is 12.5. The number of aliphatic carboxylic acids is 2. The Morgan fingerprint density at radius 2 is 1.29 bits per heavy atom. The second kappa shape index (κ2) is 26.0. The number of rotatable bonds is 22. The molecule has 0 aliphatic carbocycles. The predicted molar refractivity (Wildman–Crippen MR) is 206 cm³/mol. The molecule has 5 amide bonds. The van der Waals surface area contributed by atoms with E-state index in [1.807, 2.05) is 6.26 Å². The molecule has 0 bridgehead atoms. The number of carbonyl (C=O) groups is 7. The number of aromatic hydroxyl groups is 1. The van der Waals surface area contributed by atoms with Crippen molar-refractivity contribution >= 4 is 59.2 Å². The van der Waals surface area contributed by atoms with Crippen LogP contribution >= 0.6 is 11.8 Å². The SMILES string of the molecule is CC(=O)O.CSCC[C@H](NC(=O)[C@H](Cc1ccccc1)NC(=O)CNC(=O)CNC(=O)[C@@H](N)Cc1ccc(O)cc1)C(=O)N[C@@H](CCCN=C(N)N)C(=O)O. The molecule has 2 aromatic carbocycles. The van der Waals surface area contributed by atoms with Crippen LogP contribution in [-0.2, 0) is 46.4 Å². The lowest BCUT2D eigenvalue weighted by Gasteiger charge is -2.24. The van der Waals surface area contributed by atoms with Gasteiger partial charge in [-0.15, -0.1) is 0 Å². The molecule has 0 unspecified atom stereocenters. The Morgan fingerprint density at radius 1 is 0.727 bits per heavy atom. The fourth-order valence-electron chi connectivity index (χ4n) is 4.63. The van der Waals surface area contributed by atoms with Crippen LogP contribution in [0.4, 0.5) is 0 Å². The van der Waals surface area contributed by atoms with E-state index >= 15 is 0 Å². The number of phenolic OH excluding ortho intramolecular Hbond substituents is 1. The minimum Gasteiger partial charge on any atom is -0.508 e. The first-order chi connectivity index (χ1) is 26.0. The van der Waals surface area contributed by atoms with Crippen molar-refractivity contribution < 1.29 is 48.9 Å². The van der Waals surface area contributed by atoms with Crippen LogP contribution in [0.15, 0.2) is 59.6 Å². The van der Waals surface area contributed by atoms with E-state index in [1.165, 1.54) is 23.9 Å². The summed E-state index contributed by atoms with van der Waals surface area (Å²) in [4.78, 5) is 89.1. The standard InChI is InChI=1S/C33H47N9O8S.C2H4O2/c1-51-15-13-24(30(47)42-25(32(49)50)8-5-14-37-33(35)36)41-31(48)26(17-20-6-3-2-4-7-20)40-28(45)19-38-27(44)18-39-29(46)23(34)16-21-9-11-22(43)12-10-21;1-2(3)4/h2-4,6-7,9-12,23-26,43H,5,8,13-19,34H2,1H3,(H,38,44)(H,39,46)(H,40,45)(H,41,48)(H,42,47)(H,49,50)(H4,35,36,37);1H3,(H,3,4)/t23-,24-,25-,26-;/m0./s1. The molecule has 2 aromatic rings. The Bertz CT molecular complexity index is 1590. The molecular weight excluding hydrogens is 739 g/mol. The van der Waals surface area contributed by atoms with Crippen LogP contribution < -0.4 is 43.8 Å². The van der Waals surface area contributed by atoms with Gasteiger partial charge in [-0.25, -0.2) is 4.79 Å². The number of aliphatic imine (C=N–C) groups is 1. The summed E-state index contributed by atoms with van der Waals surface area (Å²) in [5, 5.41) is 38.9. The zero-order valence-electron chi connectivity index (χ0n) is 30.7. The summed E-state index contributed by atoms with van der Waals surface area (Å²) >= 11 is 1.42. The maximum Gasteiger partial charge on any atom is 0.326 e. The summed E-state index contributed by atoms with van der Waals surface area (Å²) in [5.41, 5.74) is 17.9. The van der Waals surface area contributed by atoms with Crippen molar-refractivity contribution in [3.63, 3.8) is 0 Å². The molecule has 0 saturated heterocycles. The van der Waals surface area contributed by atoms with Gasteiger partial charge in [-0.05, 0) is 61.0 Å². The van der Waals surface area contributed by atoms with E-state index in [-0.39, 0.29) is 50.4 Å². The van der Waals surface area contributed by atoms with Crippen molar-refractivity contribution in [1.82, 2.24) is 26.6 Å². The van der Waals surface area contributed by atoms with Crippen molar-refractivity contribution in [3.05, 3.63) is 65.7 Å². The third kappa shape index (κ3) is 21.4.